The average molecular weight is 313 g/mol. The Morgan fingerprint density at radius 3 is 2.35 bits per heavy atom. The summed E-state index contributed by atoms with van der Waals surface area (Å²) >= 11 is 0. The van der Waals surface area contributed by atoms with Gasteiger partial charge in [-0.1, -0.05) is 30.3 Å². The van der Waals surface area contributed by atoms with Crippen LogP contribution < -0.4 is 22.3 Å². The molecule has 1 aromatic heterocycles. The highest BCUT2D eigenvalue weighted by Gasteiger charge is 2.23. The minimum Gasteiger partial charge on any atom is -0.368 e. The first kappa shape index (κ1) is 16.0. The fourth-order valence-corrected chi connectivity index (χ4v) is 2.21. The maximum atomic E-state index is 12.1. The molecule has 1 heterocycles. The molecule has 0 saturated carbocycles. The summed E-state index contributed by atoms with van der Waals surface area (Å²) in [5.74, 6) is -0.749. The summed E-state index contributed by atoms with van der Waals surface area (Å²) in [4.78, 5) is 35.8. The van der Waals surface area contributed by atoms with Crippen LogP contribution >= 0.6 is 0 Å². The number of aromatic nitrogens is 2. The summed E-state index contributed by atoms with van der Waals surface area (Å²) < 4.78 is 1.92. The molecule has 0 saturated heterocycles. The maximum absolute atomic E-state index is 12.1. The van der Waals surface area contributed by atoms with Crippen LogP contribution in [-0.2, 0) is 18.9 Å². The molecule has 1 atom stereocenters. The molecule has 0 aliphatic carbocycles. The smallest absolute Gasteiger partial charge is 0.332 e. The van der Waals surface area contributed by atoms with Gasteiger partial charge >= 0.3 is 5.69 Å². The van der Waals surface area contributed by atoms with Gasteiger partial charge in [0.15, 0.2) is 5.56 Å². The number of nitrogens with zero attached hydrogens (tertiary/aromatic N) is 3. The Bertz CT molecular complexity index is 906. The van der Waals surface area contributed by atoms with Gasteiger partial charge in [0.2, 0.25) is 5.91 Å². The van der Waals surface area contributed by atoms with E-state index in [0.717, 1.165) is 9.13 Å². The Balaban J connectivity index is 2.63. The van der Waals surface area contributed by atoms with E-state index >= 15 is 0 Å². The third-order valence-corrected chi connectivity index (χ3v) is 3.47. The predicted molar refractivity (Wildman–Crippen MR) is 83.6 cm³/mol. The number of hydrogen-bond acceptors (Lipinski definition) is 5. The maximum Gasteiger partial charge on any atom is 0.332 e. The summed E-state index contributed by atoms with van der Waals surface area (Å²) in [6, 6.07) is 9.35. The zero-order chi connectivity index (χ0) is 17.1. The molecule has 0 aliphatic heterocycles. The first-order valence-corrected chi connectivity index (χ1v) is 6.69. The topological polar surface area (TPSA) is 123 Å². The second kappa shape index (κ2) is 6.19. The third kappa shape index (κ3) is 2.85. The van der Waals surface area contributed by atoms with Gasteiger partial charge in [-0.05, 0) is 5.56 Å². The molecule has 1 unspecified atom stereocenters. The van der Waals surface area contributed by atoms with Gasteiger partial charge in [-0.3, -0.25) is 18.7 Å². The molecule has 0 bridgehead atoms. The van der Waals surface area contributed by atoms with Crippen LogP contribution in [-0.4, -0.2) is 15.0 Å². The fourth-order valence-electron chi connectivity index (χ4n) is 2.21. The fraction of sp³-hybridized carbons (Fsp3) is 0.200. The summed E-state index contributed by atoms with van der Waals surface area (Å²) in [6.07, 6.45) is 0. The Kier molecular flexibility index (Phi) is 4.32. The van der Waals surface area contributed by atoms with Gasteiger partial charge in [-0.25, -0.2) is 4.79 Å². The second-order valence-electron chi connectivity index (χ2n) is 4.93. The number of amides is 1. The summed E-state index contributed by atoms with van der Waals surface area (Å²) in [6.45, 7) is 0. The minimum absolute atomic E-state index is 0.0479. The summed E-state index contributed by atoms with van der Waals surface area (Å²) in [7, 11) is 2.67. The molecule has 8 nitrogen and oxygen atoms in total. The molecule has 2 aromatic rings. The summed E-state index contributed by atoms with van der Waals surface area (Å²) in [5.41, 5.74) is 4.34. The number of carbonyl (C=O) groups is 1. The molecule has 8 heteroatoms. The van der Waals surface area contributed by atoms with Crippen molar-refractivity contribution >= 4 is 11.7 Å². The quantitative estimate of drug-likeness (QED) is 0.794. The van der Waals surface area contributed by atoms with E-state index in [0.29, 0.717) is 5.56 Å². The molecule has 0 aliphatic rings. The number of nitrogens with two attached hydrogens (primary N) is 1. The molecule has 1 amide bonds. The van der Waals surface area contributed by atoms with Gasteiger partial charge in [0.25, 0.3) is 5.56 Å². The SMILES string of the molecule is Cn1c(NC(C(N)=O)c2ccccc2)c(C#N)c(=O)n(C)c1=O. The van der Waals surface area contributed by atoms with Crippen LogP contribution in [0, 0.1) is 11.3 Å². The highest BCUT2D eigenvalue weighted by atomic mass is 16.2. The van der Waals surface area contributed by atoms with Gasteiger partial charge in [0.1, 0.15) is 17.9 Å². The van der Waals surface area contributed by atoms with Crippen LogP contribution in [0.5, 0.6) is 0 Å². The van der Waals surface area contributed by atoms with Gasteiger partial charge < -0.3 is 11.1 Å². The normalized spacial score (nSPS) is 11.5. The number of anilines is 1. The van der Waals surface area contributed by atoms with E-state index in [1.165, 1.54) is 14.1 Å². The number of nitriles is 1. The van der Waals surface area contributed by atoms with E-state index in [1.807, 2.05) is 0 Å². The third-order valence-electron chi connectivity index (χ3n) is 3.47. The Labute approximate surface area is 131 Å². The Morgan fingerprint density at radius 2 is 1.83 bits per heavy atom. The van der Waals surface area contributed by atoms with E-state index in [4.69, 9.17) is 5.73 Å². The van der Waals surface area contributed by atoms with E-state index in [1.54, 1.807) is 36.4 Å². The van der Waals surface area contributed by atoms with Gasteiger partial charge in [-0.2, -0.15) is 5.26 Å². The van der Waals surface area contributed by atoms with Crippen molar-refractivity contribution < 1.29 is 4.79 Å². The lowest BCUT2D eigenvalue weighted by atomic mass is 10.1. The van der Waals surface area contributed by atoms with E-state index in [2.05, 4.69) is 5.32 Å². The molecule has 118 valence electrons. The summed E-state index contributed by atoms with van der Waals surface area (Å²) in [5, 5.41) is 12.0. The zero-order valence-corrected chi connectivity index (χ0v) is 12.6. The lowest BCUT2D eigenvalue weighted by Gasteiger charge is -2.20. The van der Waals surface area contributed by atoms with Crippen molar-refractivity contribution in [3.8, 4) is 6.07 Å². The highest BCUT2D eigenvalue weighted by molar-refractivity contribution is 5.84. The predicted octanol–water partition coefficient (Wildman–Crippen LogP) is -0.406. The van der Waals surface area contributed by atoms with Crippen molar-refractivity contribution in [1.82, 2.24) is 9.13 Å². The minimum atomic E-state index is -0.985. The number of nitrogens with one attached hydrogen (secondary N) is 1. The highest BCUT2D eigenvalue weighted by Crippen LogP contribution is 2.19. The molecule has 0 spiro atoms. The van der Waals surface area contributed by atoms with E-state index < -0.39 is 23.2 Å². The average Bonchev–Trinajstić information content (AvgIpc) is 2.55. The van der Waals surface area contributed by atoms with Crippen LogP contribution in [0.2, 0.25) is 0 Å². The second-order valence-corrected chi connectivity index (χ2v) is 4.93. The van der Waals surface area contributed by atoms with Crippen molar-refractivity contribution in [3.05, 3.63) is 62.3 Å². The van der Waals surface area contributed by atoms with Gasteiger partial charge in [-0.15, -0.1) is 0 Å². The van der Waals surface area contributed by atoms with Crippen LogP contribution in [0.25, 0.3) is 0 Å². The van der Waals surface area contributed by atoms with Crippen LogP contribution in [0.4, 0.5) is 5.82 Å². The molecule has 2 rings (SSSR count). The molecule has 0 fully saturated rings. The molecule has 1 aromatic carbocycles. The van der Waals surface area contributed by atoms with Crippen molar-refractivity contribution in [2.45, 2.75) is 6.04 Å². The first-order chi connectivity index (χ1) is 10.9. The van der Waals surface area contributed by atoms with E-state index in [9.17, 15) is 19.6 Å². The first-order valence-electron chi connectivity index (χ1n) is 6.69. The zero-order valence-electron chi connectivity index (χ0n) is 12.6. The lowest BCUT2D eigenvalue weighted by molar-refractivity contribution is -0.118. The van der Waals surface area contributed by atoms with Crippen molar-refractivity contribution in [3.63, 3.8) is 0 Å². The molecule has 3 N–H and O–H groups in total. The monoisotopic (exact) mass is 313 g/mol. The lowest BCUT2D eigenvalue weighted by Crippen LogP contribution is -2.41. The molecule has 23 heavy (non-hydrogen) atoms. The number of carbonyl (C=O) groups excluding carboxylic acids is 1. The van der Waals surface area contributed by atoms with Crippen molar-refractivity contribution in [1.29, 1.82) is 5.26 Å². The Hall–Kier alpha value is -3.34. The molecular formula is C15H15N5O3. The van der Waals surface area contributed by atoms with Gasteiger partial charge in [0, 0.05) is 14.1 Å². The largest absolute Gasteiger partial charge is 0.368 e. The van der Waals surface area contributed by atoms with Crippen LogP contribution in [0.15, 0.2) is 39.9 Å². The van der Waals surface area contributed by atoms with E-state index in [-0.39, 0.29) is 11.4 Å². The number of hydrogen-bond donors (Lipinski definition) is 2. The number of benzene rings is 1. The Morgan fingerprint density at radius 1 is 1.22 bits per heavy atom. The molecular weight excluding hydrogens is 298 g/mol. The van der Waals surface area contributed by atoms with Gasteiger partial charge in [0.05, 0.1) is 0 Å². The van der Waals surface area contributed by atoms with Crippen LogP contribution in [0.1, 0.15) is 17.2 Å². The molecule has 0 radical (unpaired) electrons. The number of rotatable bonds is 4. The van der Waals surface area contributed by atoms with Crippen molar-refractivity contribution in [2.75, 3.05) is 5.32 Å². The standard InChI is InChI=1S/C15H15N5O3/c1-19-13(10(8-16)14(22)20(2)15(19)23)18-11(12(17)21)9-6-4-3-5-7-9/h3-7,11,18H,1-2H3,(H2,17,21). The van der Waals surface area contributed by atoms with Crippen molar-refractivity contribution in [2.24, 2.45) is 19.8 Å². The number of primary amides is 1. The van der Waals surface area contributed by atoms with Crippen LogP contribution in [0.3, 0.4) is 0 Å².